The van der Waals surface area contributed by atoms with Crippen LogP contribution in [0.5, 0.6) is 0 Å². The summed E-state index contributed by atoms with van der Waals surface area (Å²) in [5.41, 5.74) is 10.8. The molecule has 0 radical (unpaired) electrons. The number of nitrogen functional groups attached to an aromatic ring is 1. The van der Waals surface area contributed by atoms with E-state index in [4.69, 9.17) is 10.7 Å². The van der Waals surface area contributed by atoms with E-state index < -0.39 is 10.0 Å². The Morgan fingerprint density at radius 3 is 2.49 bits per heavy atom. The lowest BCUT2D eigenvalue weighted by Gasteiger charge is -2.11. The van der Waals surface area contributed by atoms with Crippen LogP contribution < -0.4 is 10.5 Å². The van der Waals surface area contributed by atoms with Gasteiger partial charge in [-0.3, -0.25) is 4.57 Å². The molecule has 3 aromatic heterocycles. The van der Waals surface area contributed by atoms with E-state index >= 15 is 0 Å². The van der Waals surface area contributed by atoms with Crippen molar-refractivity contribution in [2.75, 3.05) is 5.73 Å². The highest BCUT2D eigenvalue weighted by Gasteiger charge is 2.18. The highest BCUT2D eigenvalue weighted by Crippen LogP contribution is 2.31. The number of nitrogens with two attached hydrogens (primary N) is 1. The smallest absolute Gasteiger partial charge is 0.240 e. The second-order valence-electron chi connectivity index (χ2n) is 8.01. The molecule has 0 atom stereocenters. The van der Waals surface area contributed by atoms with Crippen LogP contribution in [0.2, 0.25) is 0 Å². The number of hydrogen-bond donors (Lipinski definition) is 2. The van der Waals surface area contributed by atoms with Gasteiger partial charge in [-0.1, -0.05) is 29.8 Å². The molecule has 5 rings (SSSR count). The van der Waals surface area contributed by atoms with Crippen LogP contribution in [-0.2, 0) is 16.6 Å². The van der Waals surface area contributed by atoms with E-state index in [1.807, 2.05) is 54.0 Å². The SMILES string of the molecule is Cc1ccc(S(=O)(=O)NCc2ccc(-n3c(-c4cccnc4N)nc4cc(Br)cnc43)cc2)cc1. The number of pyridine rings is 2. The summed E-state index contributed by atoms with van der Waals surface area (Å²) in [7, 11) is -3.61. The lowest BCUT2D eigenvalue weighted by Crippen LogP contribution is -2.23. The summed E-state index contributed by atoms with van der Waals surface area (Å²) in [4.78, 5) is 13.8. The topological polar surface area (TPSA) is 116 Å². The van der Waals surface area contributed by atoms with Crippen LogP contribution in [0, 0.1) is 6.92 Å². The average molecular weight is 549 g/mol. The van der Waals surface area contributed by atoms with E-state index in [0.717, 1.165) is 21.3 Å². The molecule has 10 heteroatoms. The van der Waals surface area contributed by atoms with E-state index in [9.17, 15) is 8.42 Å². The van der Waals surface area contributed by atoms with Crippen molar-refractivity contribution in [1.29, 1.82) is 0 Å². The zero-order valence-corrected chi connectivity index (χ0v) is 21.1. The van der Waals surface area contributed by atoms with Gasteiger partial charge in [0.05, 0.1) is 10.5 Å². The predicted molar refractivity (Wildman–Crippen MR) is 139 cm³/mol. The molecule has 0 unspecified atom stereocenters. The number of rotatable bonds is 6. The van der Waals surface area contributed by atoms with Crippen LogP contribution in [0.15, 0.2) is 88.5 Å². The normalized spacial score (nSPS) is 11.7. The summed E-state index contributed by atoms with van der Waals surface area (Å²) in [5.74, 6) is 0.981. The monoisotopic (exact) mass is 548 g/mol. The molecule has 3 N–H and O–H groups in total. The van der Waals surface area contributed by atoms with E-state index in [2.05, 4.69) is 30.6 Å². The maximum atomic E-state index is 12.6. The van der Waals surface area contributed by atoms with Crippen LogP contribution in [-0.4, -0.2) is 27.9 Å². The second-order valence-corrected chi connectivity index (χ2v) is 10.7. The van der Waals surface area contributed by atoms with Gasteiger partial charge in [-0.25, -0.2) is 28.1 Å². The number of aromatic nitrogens is 4. The number of anilines is 1. The number of benzene rings is 2. The summed E-state index contributed by atoms with van der Waals surface area (Å²) in [6.07, 6.45) is 3.35. The van der Waals surface area contributed by atoms with Crippen molar-refractivity contribution in [3.63, 3.8) is 0 Å². The van der Waals surface area contributed by atoms with Crippen molar-refractivity contribution >= 4 is 42.9 Å². The molecule has 3 heterocycles. The third kappa shape index (κ3) is 4.68. The first-order valence-electron chi connectivity index (χ1n) is 10.7. The zero-order chi connectivity index (χ0) is 24.6. The van der Waals surface area contributed by atoms with Crippen LogP contribution in [0.25, 0.3) is 28.2 Å². The Kier molecular flexibility index (Phi) is 6.10. The fraction of sp³-hybridized carbons (Fsp3) is 0.0800. The van der Waals surface area contributed by atoms with Gasteiger partial charge in [-0.05, 0) is 70.9 Å². The van der Waals surface area contributed by atoms with Crippen LogP contribution in [0.3, 0.4) is 0 Å². The standard InChI is InChI=1S/C25H21BrN6O2S/c1-16-4-10-20(11-5-16)35(33,34)30-14-17-6-8-19(9-7-17)32-24(21-3-2-12-28-23(21)27)31-22-13-18(26)15-29-25(22)32/h2-13,15,30H,14H2,1H3,(H2,27,28). The Labute approximate surface area is 211 Å². The van der Waals surface area contributed by atoms with Crippen molar-refractivity contribution in [3.05, 3.63) is 94.7 Å². The predicted octanol–water partition coefficient (Wildman–Crippen LogP) is 4.61. The fourth-order valence-corrected chi connectivity index (χ4v) is 5.05. The molecule has 176 valence electrons. The number of sulfonamides is 1. The Hall–Kier alpha value is -3.60. The second kappa shape index (κ2) is 9.21. The molecule has 5 aromatic rings. The van der Waals surface area contributed by atoms with Gasteiger partial charge >= 0.3 is 0 Å². The van der Waals surface area contributed by atoms with Crippen molar-refractivity contribution < 1.29 is 8.42 Å². The lowest BCUT2D eigenvalue weighted by atomic mass is 10.2. The quantitative estimate of drug-likeness (QED) is 0.320. The molecule has 0 aliphatic carbocycles. The minimum atomic E-state index is -3.61. The van der Waals surface area contributed by atoms with Gasteiger partial charge in [-0.2, -0.15) is 0 Å². The minimum Gasteiger partial charge on any atom is -0.383 e. The molecule has 8 nitrogen and oxygen atoms in total. The van der Waals surface area contributed by atoms with Gasteiger partial charge in [0, 0.05) is 29.1 Å². The first kappa shape index (κ1) is 23.2. The van der Waals surface area contributed by atoms with E-state index in [0.29, 0.717) is 28.4 Å². The number of aryl methyl sites for hydroxylation is 1. The van der Waals surface area contributed by atoms with Crippen LogP contribution >= 0.6 is 15.9 Å². The molecule has 0 saturated carbocycles. The van der Waals surface area contributed by atoms with Gasteiger partial charge in [0.25, 0.3) is 0 Å². The zero-order valence-electron chi connectivity index (χ0n) is 18.7. The van der Waals surface area contributed by atoms with Gasteiger partial charge in [0.15, 0.2) is 11.5 Å². The molecule has 0 bridgehead atoms. The first-order chi connectivity index (χ1) is 16.8. The number of imidazole rings is 1. The summed E-state index contributed by atoms with van der Waals surface area (Å²) >= 11 is 3.45. The Morgan fingerprint density at radius 2 is 1.77 bits per heavy atom. The Bertz CT molecular complexity index is 1630. The van der Waals surface area contributed by atoms with E-state index in [-0.39, 0.29) is 11.4 Å². The molecule has 0 spiro atoms. The summed E-state index contributed by atoms with van der Waals surface area (Å²) < 4.78 is 30.6. The maximum absolute atomic E-state index is 12.6. The summed E-state index contributed by atoms with van der Waals surface area (Å²) in [5, 5.41) is 0. The molecular formula is C25H21BrN6O2S. The highest BCUT2D eigenvalue weighted by molar-refractivity contribution is 9.10. The fourth-order valence-electron chi connectivity index (χ4n) is 3.71. The molecule has 0 aliphatic heterocycles. The lowest BCUT2D eigenvalue weighted by molar-refractivity contribution is 0.581. The summed E-state index contributed by atoms with van der Waals surface area (Å²) in [6, 6.07) is 19.9. The number of nitrogens with zero attached hydrogens (tertiary/aromatic N) is 4. The van der Waals surface area contributed by atoms with Crippen molar-refractivity contribution in [3.8, 4) is 17.1 Å². The average Bonchev–Trinajstić information content (AvgIpc) is 3.22. The van der Waals surface area contributed by atoms with Crippen LogP contribution in [0.4, 0.5) is 5.82 Å². The molecule has 0 saturated heterocycles. The van der Waals surface area contributed by atoms with Gasteiger partial charge in [0.2, 0.25) is 10.0 Å². The van der Waals surface area contributed by atoms with Gasteiger partial charge in [-0.15, -0.1) is 0 Å². The molecule has 0 fully saturated rings. The molecule has 2 aromatic carbocycles. The number of fused-ring (bicyclic) bond motifs is 1. The van der Waals surface area contributed by atoms with Gasteiger partial charge in [0.1, 0.15) is 11.3 Å². The van der Waals surface area contributed by atoms with Crippen molar-refractivity contribution in [2.24, 2.45) is 0 Å². The molecule has 35 heavy (non-hydrogen) atoms. The Balaban J connectivity index is 1.48. The molecule has 0 aliphatic rings. The van der Waals surface area contributed by atoms with Crippen LogP contribution in [0.1, 0.15) is 11.1 Å². The maximum Gasteiger partial charge on any atom is 0.240 e. The number of hydrogen-bond acceptors (Lipinski definition) is 6. The minimum absolute atomic E-state index is 0.161. The highest BCUT2D eigenvalue weighted by atomic mass is 79.9. The summed E-state index contributed by atoms with van der Waals surface area (Å²) in [6.45, 7) is 2.08. The largest absolute Gasteiger partial charge is 0.383 e. The molecule has 0 amide bonds. The number of nitrogens with one attached hydrogen (secondary N) is 1. The third-order valence-electron chi connectivity index (χ3n) is 5.54. The third-order valence-corrected chi connectivity index (χ3v) is 7.39. The first-order valence-corrected chi connectivity index (χ1v) is 13.0. The number of halogens is 1. The van der Waals surface area contributed by atoms with E-state index in [1.165, 1.54) is 0 Å². The van der Waals surface area contributed by atoms with E-state index in [1.54, 1.807) is 36.7 Å². The van der Waals surface area contributed by atoms with Crippen molar-refractivity contribution in [2.45, 2.75) is 18.4 Å². The van der Waals surface area contributed by atoms with Crippen molar-refractivity contribution in [1.82, 2.24) is 24.2 Å². The molecular weight excluding hydrogens is 528 g/mol. The van der Waals surface area contributed by atoms with Gasteiger partial charge < -0.3 is 5.73 Å². The Morgan fingerprint density at radius 1 is 1.03 bits per heavy atom.